The van der Waals surface area contributed by atoms with Gasteiger partial charge in [0.1, 0.15) is 5.75 Å². The maximum atomic E-state index is 12.1. The monoisotopic (exact) mass is 377 g/mol. The zero-order valence-electron chi connectivity index (χ0n) is 16.9. The highest BCUT2D eigenvalue weighted by Gasteiger charge is 2.21. The van der Waals surface area contributed by atoms with Crippen LogP contribution in [0.15, 0.2) is 60.9 Å². The number of amides is 1. The molecule has 3 rings (SSSR count). The molecule has 0 N–H and O–H groups in total. The number of ether oxygens (including phenoxy) is 1. The minimum Gasteiger partial charge on any atom is -0.497 e. The molecule has 0 aliphatic rings. The summed E-state index contributed by atoms with van der Waals surface area (Å²) >= 11 is 0. The van der Waals surface area contributed by atoms with Gasteiger partial charge in [-0.3, -0.25) is 4.79 Å². The Morgan fingerprint density at radius 2 is 1.79 bits per heavy atom. The minimum absolute atomic E-state index is 0.109. The Kier molecular flexibility index (Phi) is 6.14. The molecule has 0 bridgehead atoms. The van der Waals surface area contributed by atoms with E-state index >= 15 is 0 Å². The van der Waals surface area contributed by atoms with E-state index in [1.54, 1.807) is 26.1 Å². The lowest BCUT2D eigenvalue weighted by atomic mass is 9.94. The molecule has 28 heavy (non-hydrogen) atoms. The number of hydrogen-bond acceptors (Lipinski definition) is 3. The van der Waals surface area contributed by atoms with Gasteiger partial charge >= 0.3 is 0 Å². The highest BCUT2D eigenvalue weighted by atomic mass is 16.5. The van der Waals surface area contributed by atoms with Crippen molar-refractivity contribution in [3.05, 3.63) is 72.2 Å². The number of imidazole rings is 1. The number of carbonyl (C=O) groups excluding carboxylic acids is 1. The molecule has 1 amide bonds. The molecule has 1 aromatic heterocycles. The van der Waals surface area contributed by atoms with E-state index in [1.165, 1.54) is 5.56 Å². The first kappa shape index (κ1) is 19.7. The van der Waals surface area contributed by atoms with Crippen molar-refractivity contribution in [3.63, 3.8) is 0 Å². The molecule has 1 atom stereocenters. The summed E-state index contributed by atoms with van der Waals surface area (Å²) in [6.07, 6.45) is 2.29. The van der Waals surface area contributed by atoms with Gasteiger partial charge in [-0.1, -0.05) is 37.3 Å². The standard InChI is InChI=1S/C23H27N3O2/c1-17(18-8-6-5-7-9-18)23-22(19-10-12-20(28-4)13-11-19)24-16-26(23)15-14-21(27)25(2)3/h5-13,16-17H,14-15H2,1-4H3. The predicted octanol–water partition coefficient (Wildman–Crippen LogP) is 4.19. The van der Waals surface area contributed by atoms with E-state index in [0.29, 0.717) is 13.0 Å². The number of benzene rings is 2. The van der Waals surface area contributed by atoms with Crippen molar-refractivity contribution in [2.24, 2.45) is 0 Å². The fraction of sp³-hybridized carbons (Fsp3) is 0.304. The van der Waals surface area contributed by atoms with E-state index in [9.17, 15) is 4.79 Å². The van der Waals surface area contributed by atoms with Gasteiger partial charge in [-0.15, -0.1) is 0 Å². The zero-order chi connectivity index (χ0) is 20.1. The number of hydrogen-bond donors (Lipinski definition) is 0. The molecular formula is C23H27N3O2. The summed E-state index contributed by atoms with van der Waals surface area (Å²) in [7, 11) is 5.23. The summed E-state index contributed by atoms with van der Waals surface area (Å²) in [6.45, 7) is 2.79. The second-order valence-electron chi connectivity index (χ2n) is 7.07. The molecular weight excluding hydrogens is 350 g/mol. The lowest BCUT2D eigenvalue weighted by Gasteiger charge is -2.18. The largest absolute Gasteiger partial charge is 0.497 e. The summed E-state index contributed by atoms with van der Waals surface area (Å²) < 4.78 is 7.39. The van der Waals surface area contributed by atoms with E-state index < -0.39 is 0 Å². The van der Waals surface area contributed by atoms with Gasteiger partial charge in [0.25, 0.3) is 0 Å². The van der Waals surface area contributed by atoms with Gasteiger partial charge in [0, 0.05) is 38.5 Å². The van der Waals surface area contributed by atoms with Crippen LogP contribution >= 0.6 is 0 Å². The Bertz CT molecular complexity index is 915. The summed E-state index contributed by atoms with van der Waals surface area (Å²) in [5, 5.41) is 0. The third-order valence-electron chi connectivity index (χ3n) is 5.02. The van der Waals surface area contributed by atoms with Crippen LogP contribution in [0.25, 0.3) is 11.3 Å². The van der Waals surface area contributed by atoms with E-state index in [-0.39, 0.29) is 11.8 Å². The number of rotatable bonds is 7. The molecule has 0 spiro atoms. The topological polar surface area (TPSA) is 47.4 Å². The molecule has 5 heteroatoms. The Balaban J connectivity index is 2.00. The molecule has 146 valence electrons. The van der Waals surface area contributed by atoms with Crippen molar-refractivity contribution in [2.45, 2.75) is 25.8 Å². The van der Waals surface area contributed by atoms with Crippen molar-refractivity contribution >= 4 is 5.91 Å². The van der Waals surface area contributed by atoms with Crippen LogP contribution in [0.2, 0.25) is 0 Å². The molecule has 0 saturated carbocycles. The van der Waals surface area contributed by atoms with Gasteiger partial charge in [-0.2, -0.15) is 0 Å². The summed E-state index contributed by atoms with van der Waals surface area (Å²) in [4.78, 5) is 18.4. The fourth-order valence-corrected chi connectivity index (χ4v) is 3.33. The fourth-order valence-electron chi connectivity index (χ4n) is 3.33. The Labute approximate surface area is 166 Å². The van der Waals surface area contributed by atoms with Crippen LogP contribution in [-0.2, 0) is 11.3 Å². The van der Waals surface area contributed by atoms with Crippen molar-refractivity contribution in [1.29, 1.82) is 0 Å². The van der Waals surface area contributed by atoms with Gasteiger partial charge in [0.2, 0.25) is 5.91 Å². The second-order valence-corrected chi connectivity index (χ2v) is 7.07. The Morgan fingerprint density at radius 1 is 1.11 bits per heavy atom. The van der Waals surface area contributed by atoms with Gasteiger partial charge in [0.05, 0.1) is 24.8 Å². The van der Waals surface area contributed by atoms with Gasteiger partial charge in [0.15, 0.2) is 0 Å². The molecule has 0 aliphatic carbocycles. The van der Waals surface area contributed by atoms with Crippen molar-refractivity contribution in [1.82, 2.24) is 14.5 Å². The molecule has 0 aliphatic heterocycles. The first-order valence-electron chi connectivity index (χ1n) is 9.45. The molecule has 3 aromatic rings. The van der Waals surface area contributed by atoms with E-state index in [4.69, 9.17) is 9.72 Å². The maximum Gasteiger partial charge on any atom is 0.223 e. The number of aryl methyl sites for hydroxylation is 1. The maximum absolute atomic E-state index is 12.1. The summed E-state index contributed by atoms with van der Waals surface area (Å²) in [5.74, 6) is 1.07. The smallest absolute Gasteiger partial charge is 0.223 e. The highest BCUT2D eigenvalue weighted by molar-refractivity contribution is 5.75. The van der Waals surface area contributed by atoms with Crippen molar-refractivity contribution < 1.29 is 9.53 Å². The molecule has 5 nitrogen and oxygen atoms in total. The van der Waals surface area contributed by atoms with Crippen LogP contribution in [-0.4, -0.2) is 41.6 Å². The van der Waals surface area contributed by atoms with Gasteiger partial charge < -0.3 is 14.2 Å². The van der Waals surface area contributed by atoms with Crippen LogP contribution in [0.1, 0.15) is 30.5 Å². The van der Waals surface area contributed by atoms with E-state index in [2.05, 4.69) is 35.8 Å². The quantitative estimate of drug-likeness (QED) is 0.620. The van der Waals surface area contributed by atoms with Crippen LogP contribution in [0.3, 0.4) is 0 Å². The minimum atomic E-state index is 0.109. The van der Waals surface area contributed by atoms with Crippen LogP contribution in [0.4, 0.5) is 0 Å². The normalized spacial score (nSPS) is 11.9. The average Bonchev–Trinajstić information content (AvgIpc) is 3.15. The van der Waals surface area contributed by atoms with Gasteiger partial charge in [-0.05, 0) is 29.8 Å². The first-order valence-corrected chi connectivity index (χ1v) is 9.45. The summed E-state index contributed by atoms with van der Waals surface area (Å²) in [6, 6.07) is 18.3. The Hall–Kier alpha value is -3.08. The van der Waals surface area contributed by atoms with E-state index in [0.717, 1.165) is 22.7 Å². The lowest BCUT2D eigenvalue weighted by Crippen LogP contribution is -2.23. The predicted molar refractivity (Wildman–Crippen MR) is 111 cm³/mol. The summed E-state index contributed by atoms with van der Waals surface area (Å²) in [5.41, 5.74) is 4.31. The zero-order valence-corrected chi connectivity index (χ0v) is 16.9. The lowest BCUT2D eigenvalue weighted by molar-refractivity contribution is -0.128. The number of methoxy groups -OCH3 is 1. The second kappa shape index (κ2) is 8.74. The molecule has 1 heterocycles. The molecule has 0 radical (unpaired) electrons. The Morgan fingerprint density at radius 3 is 2.39 bits per heavy atom. The molecule has 1 unspecified atom stereocenters. The first-order chi connectivity index (χ1) is 13.5. The third kappa shape index (κ3) is 4.25. The number of nitrogens with zero attached hydrogens (tertiary/aromatic N) is 3. The average molecular weight is 377 g/mol. The highest BCUT2D eigenvalue weighted by Crippen LogP contribution is 2.33. The molecule has 0 saturated heterocycles. The van der Waals surface area contributed by atoms with Crippen LogP contribution in [0, 0.1) is 0 Å². The van der Waals surface area contributed by atoms with Crippen LogP contribution in [0.5, 0.6) is 5.75 Å². The number of aromatic nitrogens is 2. The SMILES string of the molecule is COc1ccc(-c2ncn(CCC(=O)N(C)C)c2C(C)c2ccccc2)cc1. The number of carbonyl (C=O) groups is 1. The van der Waals surface area contributed by atoms with Crippen LogP contribution < -0.4 is 4.74 Å². The molecule has 0 fully saturated rings. The van der Waals surface area contributed by atoms with E-state index in [1.807, 2.05) is 36.7 Å². The van der Waals surface area contributed by atoms with Crippen molar-refractivity contribution in [3.8, 4) is 17.0 Å². The van der Waals surface area contributed by atoms with Gasteiger partial charge in [-0.25, -0.2) is 4.98 Å². The molecule has 2 aromatic carbocycles. The van der Waals surface area contributed by atoms with Crippen molar-refractivity contribution in [2.75, 3.05) is 21.2 Å². The third-order valence-corrected chi connectivity index (χ3v) is 5.02.